The molecule has 0 fully saturated rings. The van der Waals surface area contributed by atoms with Crippen LogP contribution in [0.25, 0.3) is 22.6 Å². The van der Waals surface area contributed by atoms with Gasteiger partial charge in [0, 0.05) is 23.3 Å². The number of rotatable bonds is 10. The van der Waals surface area contributed by atoms with Crippen LogP contribution in [0.15, 0.2) is 79.7 Å². The predicted octanol–water partition coefficient (Wildman–Crippen LogP) is 4.71. The number of furan rings is 2. The zero-order valence-corrected chi connectivity index (χ0v) is 20.9. The van der Waals surface area contributed by atoms with Crippen LogP contribution in [0, 0.1) is 20.2 Å². The van der Waals surface area contributed by atoms with Crippen molar-refractivity contribution in [3.05, 3.63) is 92.4 Å². The number of benzene rings is 2. The molecule has 0 bridgehead atoms. The van der Waals surface area contributed by atoms with Gasteiger partial charge in [0.15, 0.2) is 11.5 Å². The Morgan fingerprint density at radius 1 is 0.750 bits per heavy atom. The minimum absolute atomic E-state index is 0.121. The average molecular weight is 548 g/mol. The SMILES string of the molecule is COc1ccc(-c2ccc(C=NNC(=O)NN=Cc3ccc(-c4ccc(OC)c([N+](=O)[O-])c4)o3)o2)cc1[N+](=O)[O-]. The summed E-state index contributed by atoms with van der Waals surface area (Å²) in [6, 6.07) is 14.4. The largest absolute Gasteiger partial charge is 0.490 e. The molecule has 0 aliphatic carbocycles. The van der Waals surface area contributed by atoms with Gasteiger partial charge < -0.3 is 18.3 Å². The van der Waals surface area contributed by atoms with E-state index in [2.05, 4.69) is 21.1 Å². The molecule has 4 rings (SSSR count). The van der Waals surface area contributed by atoms with Crippen molar-refractivity contribution in [3.63, 3.8) is 0 Å². The number of nitro benzene ring substituents is 2. The summed E-state index contributed by atoms with van der Waals surface area (Å²) in [4.78, 5) is 33.3. The molecule has 0 unspecified atom stereocenters. The van der Waals surface area contributed by atoms with Crippen molar-refractivity contribution in [1.82, 2.24) is 10.9 Å². The van der Waals surface area contributed by atoms with Gasteiger partial charge in [-0.3, -0.25) is 20.2 Å². The van der Waals surface area contributed by atoms with Gasteiger partial charge in [-0.15, -0.1) is 0 Å². The van der Waals surface area contributed by atoms with E-state index in [-0.39, 0.29) is 34.4 Å². The molecule has 0 saturated heterocycles. The normalized spacial score (nSPS) is 11.1. The Morgan fingerprint density at radius 3 is 1.55 bits per heavy atom. The number of hydrogen-bond donors (Lipinski definition) is 2. The molecule has 4 aromatic rings. The van der Waals surface area contributed by atoms with E-state index in [1.54, 1.807) is 36.4 Å². The molecule has 15 nitrogen and oxygen atoms in total. The van der Waals surface area contributed by atoms with Gasteiger partial charge >= 0.3 is 17.4 Å². The lowest BCUT2D eigenvalue weighted by Crippen LogP contribution is -2.28. The van der Waals surface area contributed by atoms with Crippen molar-refractivity contribution in [2.75, 3.05) is 14.2 Å². The zero-order valence-electron chi connectivity index (χ0n) is 20.9. The molecule has 2 N–H and O–H groups in total. The second-order valence-corrected chi connectivity index (χ2v) is 7.76. The maximum Gasteiger partial charge on any atom is 0.355 e. The standard InChI is InChI=1S/C25H20N6O9/c1-37-23-7-3-15(11-19(23)30(33)34)21-9-5-17(39-21)13-26-28-25(32)29-27-14-18-6-10-22(40-18)16-4-8-24(38-2)20(12-16)31(35)36/h3-14H,1-2H3,(H2,28,29,32). The number of hydrogen-bond acceptors (Lipinski definition) is 11. The number of nitrogens with one attached hydrogen (secondary N) is 2. The third-order valence-electron chi connectivity index (χ3n) is 5.29. The van der Waals surface area contributed by atoms with E-state index in [1.807, 2.05) is 0 Å². The smallest absolute Gasteiger partial charge is 0.355 e. The third-order valence-corrected chi connectivity index (χ3v) is 5.29. The van der Waals surface area contributed by atoms with Crippen LogP contribution in [0.1, 0.15) is 11.5 Å². The Morgan fingerprint density at radius 2 is 1.18 bits per heavy atom. The van der Waals surface area contributed by atoms with Gasteiger partial charge in [0.05, 0.1) is 36.5 Å². The summed E-state index contributed by atoms with van der Waals surface area (Å²) in [5.74, 6) is 1.50. The van der Waals surface area contributed by atoms with E-state index in [1.165, 1.54) is 50.9 Å². The van der Waals surface area contributed by atoms with E-state index < -0.39 is 15.9 Å². The Labute approximate surface area is 225 Å². The van der Waals surface area contributed by atoms with Gasteiger partial charge in [-0.05, 0) is 48.5 Å². The molecule has 40 heavy (non-hydrogen) atoms. The monoisotopic (exact) mass is 548 g/mol. The van der Waals surface area contributed by atoms with Crippen molar-refractivity contribution in [2.24, 2.45) is 10.2 Å². The number of hydrazone groups is 2. The van der Waals surface area contributed by atoms with Crippen molar-refractivity contribution < 1.29 is 32.9 Å². The van der Waals surface area contributed by atoms with Gasteiger partial charge in [0.25, 0.3) is 0 Å². The molecule has 2 amide bonds. The van der Waals surface area contributed by atoms with E-state index in [0.717, 1.165) is 0 Å². The topological polar surface area (TPSA) is 197 Å². The summed E-state index contributed by atoms with van der Waals surface area (Å²) in [7, 11) is 2.68. The Bertz CT molecular complexity index is 1500. The fourth-order valence-electron chi connectivity index (χ4n) is 3.46. The van der Waals surface area contributed by atoms with Crippen LogP contribution in [0.3, 0.4) is 0 Å². The van der Waals surface area contributed by atoms with Crippen LogP contribution in [0.5, 0.6) is 11.5 Å². The maximum absolute atomic E-state index is 11.9. The third kappa shape index (κ3) is 6.28. The first kappa shape index (κ1) is 27.1. The molecule has 2 aromatic heterocycles. The minimum atomic E-state index is -0.761. The molecule has 2 aromatic carbocycles. The minimum Gasteiger partial charge on any atom is -0.490 e. The van der Waals surface area contributed by atoms with E-state index >= 15 is 0 Å². The zero-order chi connectivity index (χ0) is 28.6. The first-order chi connectivity index (χ1) is 19.3. The lowest BCUT2D eigenvalue weighted by Gasteiger charge is -2.03. The molecular weight excluding hydrogens is 528 g/mol. The molecule has 204 valence electrons. The van der Waals surface area contributed by atoms with Crippen LogP contribution in [0.2, 0.25) is 0 Å². The van der Waals surface area contributed by atoms with E-state index in [0.29, 0.717) is 22.6 Å². The van der Waals surface area contributed by atoms with Crippen LogP contribution in [-0.2, 0) is 0 Å². The number of nitro groups is 2. The van der Waals surface area contributed by atoms with Crippen molar-refractivity contribution >= 4 is 29.8 Å². The summed E-state index contributed by atoms with van der Waals surface area (Å²) in [5, 5.41) is 30.0. The number of carbonyl (C=O) groups excluding carboxylic acids is 1. The van der Waals surface area contributed by atoms with E-state index in [4.69, 9.17) is 18.3 Å². The van der Waals surface area contributed by atoms with Crippen LogP contribution < -0.4 is 20.3 Å². The molecular formula is C25H20N6O9. The lowest BCUT2D eigenvalue weighted by molar-refractivity contribution is -0.385. The molecule has 0 spiro atoms. The number of methoxy groups -OCH3 is 2. The number of carbonyl (C=O) groups is 1. The van der Waals surface area contributed by atoms with Crippen LogP contribution >= 0.6 is 0 Å². The molecule has 0 aliphatic heterocycles. The van der Waals surface area contributed by atoms with Crippen LogP contribution in [0.4, 0.5) is 16.2 Å². The predicted molar refractivity (Wildman–Crippen MR) is 142 cm³/mol. The first-order valence-electron chi connectivity index (χ1n) is 11.3. The quantitative estimate of drug-likeness (QED) is 0.160. The second kappa shape index (κ2) is 12.0. The number of urea groups is 1. The van der Waals surface area contributed by atoms with Crippen molar-refractivity contribution in [2.45, 2.75) is 0 Å². The van der Waals surface area contributed by atoms with Gasteiger partial charge in [-0.25, -0.2) is 15.6 Å². The fraction of sp³-hybridized carbons (Fsp3) is 0.0800. The molecule has 0 atom stereocenters. The fourth-order valence-corrected chi connectivity index (χ4v) is 3.46. The molecule has 0 saturated carbocycles. The Kier molecular flexibility index (Phi) is 8.14. The summed E-state index contributed by atoms with van der Waals surface area (Å²) in [6.45, 7) is 0. The molecule has 0 aliphatic rings. The molecule has 2 heterocycles. The highest BCUT2D eigenvalue weighted by atomic mass is 16.6. The summed E-state index contributed by atoms with van der Waals surface area (Å²) < 4.78 is 21.2. The summed E-state index contributed by atoms with van der Waals surface area (Å²) >= 11 is 0. The Hall–Kier alpha value is -5.99. The summed E-state index contributed by atoms with van der Waals surface area (Å²) in [5.41, 5.74) is 4.89. The number of ether oxygens (including phenoxy) is 2. The van der Waals surface area contributed by atoms with Gasteiger partial charge in [-0.1, -0.05) is 0 Å². The van der Waals surface area contributed by atoms with Crippen molar-refractivity contribution in [3.8, 4) is 34.1 Å². The average Bonchev–Trinajstić information content (AvgIpc) is 3.62. The number of amides is 2. The highest BCUT2D eigenvalue weighted by Crippen LogP contribution is 2.34. The first-order valence-corrected chi connectivity index (χ1v) is 11.3. The maximum atomic E-state index is 11.9. The summed E-state index contributed by atoms with van der Waals surface area (Å²) in [6.07, 6.45) is 2.47. The highest BCUT2D eigenvalue weighted by Gasteiger charge is 2.18. The number of nitrogens with zero attached hydrogens (tertiary/aromatic N) is 4. The van der Waals surface area contributed by atoms with Crippen molar-refractivity contribution in [1.29, 1.82) is 0 Å². The van der Waals surface area contributed by atoms with Crippen LogP contribution in [-0.4, -0.2) is 42.5 Å². The lowest BCUT2D eigenvalue weighted by atomic mass is 10.1. The highest BCUT2D eigenvalue weighted by molar-refractivity contribution is 5.82. The van der Waals surface area contributed by atoms with Gasteiger partial charge in [0.1, 0.15) is 23.0 Å². The van der Waals surface area contributed by atoms with Gasteiger partial charge in [0.2, 0.25) is 0 Å². The molecule has 0 radical (unpaired) electrons. The van der Waals surface area contributed by atoms with Gasteiger partial charge in [-0.2, -0.15) is 10.2 Å². The van der Waals surface area contributed by atoms with E-state index in [9.17, 15) is 25.0 Å². The second-order valence-electron chi connectivity index (χ2n) is 7.76. The Balaban J connectivity index is 1.32. The molecule has 15 heteroatoms.